The number of hydrogen-bond acceptors (Lipinski definition) is 2. The molecule has 1 aliphatic heterocycles. The number of benzene rings is 2. The van der Waals surface area contributed by atoms with Crippen LogP contribution in [0.25, 0.3) is 0 Å². The molecule has 0 spiro atoms. The number of nitrogens with one attached hydrogen (secondary N) is 1. The van der Waals surface area contributed by atoms with Crippen LogP contribution in [0.3, 0.4) is 0 Å². The summed E-state index contributed by atoms with van der Waals surface area (Å²) in [7, 11) is 0. The van der Waals surface area contributed by atoms with Crippen molar-refractivity contribution in [3.8, 4) is 0 Å². The van der Waals surface area contributed by atoms with E-state index in [2.05, 4.69) is 17.4 Å². The smallest absolute Gasteiger partial charge is 0.224 e. The standard InChI is InChI=1S/C22H26N2O2/c1-17-8-5-6-12-19(17)14-21(25)23-20-15-22(26)24(16-20)13-7-11-18-9-3-2-4-10-18/h2-6,8-10,12,20H,7,11,13-16H2,1H3,(H,23,25). The minimum Gasteiger partial charge on any atom is -0.351 e. The van der Waals surface area contributed by atoms with Crippen molar-refractivity contribution in [1.82, 2.24) is 10.2 Å². The van der Waals surface area contributed by atoms with Crippen LogP contribution in [0.4, 0.5) is 0 Å². The van der Waals surface area contributed by atoms with Gasteiger partial charge in [0.15, 0.2) is 0 Å². The molecule has 0 saturated carbocycles. The van der Waals surface area contributed by atoms with Crippen LogP contribution in [-0.2, 0) is 22.4 Å². The van der Waals surface area contributed by atoms with Gasteiger partial charge in [-0.1, -0.05) is 54.6 Å². The average Bonchev–Trinajstić information content (AvgIpc) is 2.97. The molecular weight excluding hydrogens is 324 g/mol. The molecule has 1 atom stereocenters. The molecule has 1 fully saturated rings. The maximum Gasteiger partial charge on any atom is 0.224 e. The highest BCUT2D eigenvalue weighted by Gasteiger charge is 2.30. The van der Waals surface area contributed by atoms with Gasteiger partial charge in [-0.25, -0.2) is 0 Å². The van der Waals surface area contributed by atoms with Crippen LogP contribution in [-0.4, -0.2) is 35.8 Å². The third-order valence-electron chi connectivity index (χ3n) is 4.93. The van der Waals surface area contributed by atoms with E-state index in [-0.39, 0.29) is 17.9 Å². The van der Waals surface area contributed by atoms with Crippen LogP contribution in [0.15, 0.2) is 54.6 Å². The van der Waals surface area contributed by atoms with Crippen molar-refractivity contribution in [1.29, 1.82) is 0 Å². The highest BCUT2D eigenvalue weighted by Crippen LogP contribution is 2.14. The van der Waals surface area contributed by atoms with E-state index in [0.717, 1.165) is 30.5 Å². The van der Waals surface area contributed by atoms with Gasteiger partial charge in [0.25, 0.3) is 0 Å². The van der Waals surface area contributed by atoms with Crippen LogP contribution in [0.1, 0.15) is 29.5 Å². The summed E-state index contributed by atoms with van der Waals surface area (Å²) in [6, 6.07) is 18.1. The first kappa shape index (κ1) is 18.2. The Kier molecular flexibility index (Phi) is 6.05. The second-order valence-electron chi connectivity index (χ2n) is 7.00. The SMILES string of the molecule is Cc1ccccc1CC(=O)NC1CC(=O)N(CCCc2ccccc2)C1. The number of likely N-dealkylation sites (tertiary alicyclic amines) is 1. The molecule has 1 aliphatic rings. The summed E-state index contributed by atoms with van der Waals surface area (Å²) in [4.78, 5) is 26.4. The average molecular weight is 350 g/mol. The summed E-state index contributed by atoms with van der Waals surface area (Å²) >= 11 is 0. The van der Waals surface area contributed by atoms with Gasteiger partial charge in [0, 0.05) is 19.5 Å². The highest BCUT2D eigenvalue weighted by molar-refractivity contribution is 5.83. The molecule has 0 aromatic heterocycles. The van der Waals surface area contributed by atoms with E-state index < -0.39 is 0 Å². The Morgan fingerprint density at radius 3 is 2.62 bits per heavy atom. The van der Waals surface area contributed by atoms with E-state index in [4.69, 9.17) is 0 Å². The summed E-state index contributed by atoms with van der Waals surface area (Å²) in [5, 5.41) is 3.02. The van der Waals surface area contributed by atoms with Crippen LogP contribution in [0, 0.1) is 6.92 Å². The van der Waals surface area contributed by atoms with Crippen molar-refractivity contribution in [2.24, 2.45) is 0 Å². The fourth-order valence-electron chi connectivity index (χ4n) is 3.46. The minimum absolute atomic E-state index is 0.0109. The molecule has 0 aliphatic carbocycles. The molecule has 3 rings (SSSR count). The molecule has 4 nitrogen and oxygen atoms in total. The summed E-state index contributed by atoms with van der Waals surface area (Å²) < 4.78 is 0. The number of nitrogens with zero attached hydrogens (tertiary/aromatic N) is 1. The number of amides is 2. The number of carbonyl (C=O) groups is 2. The predicted molar refractivity (Wildman–Crippen MR) is 103 cm³/mol. The van der Waals surface area contributed by atoms with E-state index >= 15 is 0 Å². The molecule has 1 saturated heterocycles. The Bertz CT molecular complexity index is 758. The van der Waals surface area contributed by atoms with Gasteiger partial charge in [-0.2, -0.15) is 0 Å². The molecule has 4 heteroatoms. The lowest BCUT2D eigenvalue weighted by Gasteiger charge is -2.17. The zero-order valence-corrected chi connectivity index (χ0v) is 15.3. The van der Waals surface area contributed by atoms with Crippen molar-refractivity contribution < 1.29 is 9.59 Å². The zero-order valence-electron chi connectivity index (χ0n) is 15.3. The van der Waals surface area contributed by atoms with Crippen LogP contribution >= 0.6 is 0 Å². The third-order valence-corrected chi connectivity index (χ3v) is 4.93. The van der Waals surface area contributed by atoms with Gasteiger partial charge in [0.2, 0.25) is 11.8 Å². The molecule has 1 unspecified atom stereocenters. The lowest BCUT2D eigenvalue weighted by Crippen LogP contribution is -2.38. The monoisotopic (exact) mass is 350 g/mol. The van der Waals surface area contributed by atoms with Crippen molar-refractivity contribution in [2.45, 2.75) is 38.6 Å². The molecule has 1 N–H and O–H groups in total. The van der Waals surface area contributed by atoms with Crippen LogP contribution < -0.4 is 5.32 Å². The Balaban J connectivity index is 1.44. The summed E-state index contributed by atoms with van der Waals surface area (Å²) in [6.45, 7) is 3.38. The maximum atomic E-state index is 12.3. The number of carbonyl (C=O) groups excluding carboxylic acids is 2. The molecule has 26 heavy (non-hydrogen) atoms. The Morgan fingerprint density at radius 2 is 1.85 bits per heavy atom. The van der Waals surface area contributed by atoms with Gasteiger partial charge in [-0.05, 0) is 36.5 Å². The minimum atomic E-state index is -0.0734. The van der Waals surface area contributed by atoms with Gasteiger partial charge in [-0.3, -0.25) is 9.59 Å². The van der Waals surface area contributed by atoms with Gasteiger partial charge >= 0.3 is 0 Å². The van der Waals surface area contributed by atoms with Crippen LogP contribution in [0.5, 0.6) is 0 Å². The predicted octanol–water partition coefficient (Wildman–Crippen LogP) is 2.89. The Labute approximate surface area is 155 Å². The summed E-state index contributed by atoms with van der Waals surface area (Å²) in [5.74, 6) is 0.127. The lowest BCUT2D eigenvalue weighted by atomic mass is 10.1. The second-order valence-corrected chi connectivity index (χ2v) is 7.00. The molecule has 2 amide bonds. The van der Waals surface area contributed by atoms with Crippen LogP contribution in [0.2, 0.25) is 0 Å². The van der Waals surface area contributed by atoms with E-state index in [1.54, 1.807) is 0 Å². The fraction of sp³-hybridized carbons (Fsp3) is 0.364. The van der Waals surface area contributed by atoms with Crippen molar-refractivity contribution >= 4 is 11.8 Å². The molecule has 0 radical (unpaired) electrons. The Hall–Kier alpha value is -2.62. The van der Waals surface area contributed by atoms with Crippen molar-refractivity contribution in [3.63, 3.8) is 0 Å². The maximum absolute atomic E-state index is 12.3. The molecule has 0 bridgehead atoms. The van der Waals surface area contributed by atoms with Gasteiger partial charge < -0.3 is 10.2 Å². The Morgan fingerprint density at radius 1 is 1.12 bits per heavy atom. The van der Waals surface area contributed by atoms with E-state index in [0.29, 0.717) is 19.4 Å². The second kappa shape index (κ2) is 8.65. The lowest BCUT2D eigenvalue weighted by molar-refractivity contribution is -0.127. The number of hydrogen-bond donors (Lipinski definition) is 1. The van der Waals surface area contributed by atoms with Crippen molar-refractivity contribution in [3.05, 3.63) is 71.3 Å². The first-order valence-corrected chi connectivity index (χ1v) is 9.27. The zero-order chi connectivity index (χ0) is 18.4. The third kappa shape index (κ3) is 4.94. The van der Waals surface area contributed by atoms with Gasteiger partial charge in [0.1, 0.15) is 0 Å². The van der Waals surface area contributed by atoms with E-state index in [9.17, 15) is 9.59 Å². The van der Waals surface area contributed by atoms with Gasteiger partial charge in [0.05, 0.1) is 12.5 Å². The van der Waals surface area contributed by atoms with E-state index in [1.807, 2.05) is 54.3 Å². The molecule has 2 aromatic carbocycles. The number of aryl methyl sites for hydroxylation is 2. The number of rotatable bonds is 7. The largest absolute Gasteiger partial charge is 0.351 e. The van der Waals surface area contributed by atoms with Crippen molar-refractivity contribution in [2.75, 3.05) is 13.1 Å². The first-order chi connectivity index (χ1) is 12.6. The fourth-order valence-corrected chi connectivity index (χ4v) is 3.46. The van der Waals surface area contributed by atoms with E-state index in [1.165, 1.54) is 5.56 Å². The van der Waals surface area contributed by atoms with Gasteiger partial charge in [-0.15, -0.1) is 0 Å². The first-order valence-electron chi connectivity index (χ1n) is 9.27. The molecule has 136 valence electrons. The summed E-state index contributed by atoms with van der Waals surface area (Å²) in [6.07, 6.45) is 2.69. The molecule has 1 heterocycles. The molecular formula is C22H26N2O2. The highest BCUT2D eigenvalue weighted by atomic mass is 16.2. The topological polar surface area (TPSA) is 49.4 Å². The summed E-state index contributed by atoms with van der Waals surface area (Å²) in [5.41, 5.74) is 3.45. The quantitative estimate of drug-likeness (QED) is 0.835. The normalized spacial score (nSPS) is 16.7. The molecule has 2 aromatic rings.